The Kier molecular flexibility index (Phi) is 6.96. The van der Waals surface area contributed by atoms with Crippen LogP contribution in [-0.4, -0.2) is 43.6 Å². The van der Waals surface area contributed by atoms with Crippen molar-refractivity contribution >= 4 is 34.1 Å². The van der Waals surface area contributed by atoms with E-state index in [0.717, 1.165) is 5.56 Å². The minimum absolute atomic E-state index is 0.138. The predicted octanol–water partition coefficient (Wildman–Crippen LogP) is 4.21. The van der Waals surface area contributed by atoms with Crippen LogP contribution in [0.4, 0.5) is 0 Å². The van der Waals surface area contributed by atoms with E-state index >= 15 is 0 Å². The van der Waals surface area contributed by atoms with Crippen molar-refractivity contribution in [3.63, 3.8) is 0 Å². The zero-order chi connectivity index (χ0) is 26.6. The van der Waals surface area contributed by atoms with E-state index in [2.05, 4.69) is 20.3 Å². The number of aromatic amines is 1. The Bertz CT molecular complexity index is 1680. The van der Waals surface area contributed by atoms with Gasteiger partial charge in [0.1, 0.15) is 5.69 Å². The topological polar surface area (TPSA) is 145 Å². The lowest BCUT2D eigenvalue weighted by atomic mass is 9.91. The SMILES string of the molecule is O=C(O)CCNC(=O)c1nc(-c2cncs2)c2[nH]c(=O)c(-c3ccccc3)c(Cc3ccccc3)c2c1O. The Morgan fingerprint density at radius 3 is 2.39 bits per heavy atom. The molecule has 1 amide bonds. The molecule has 190 valence electrons. The van der Waals surface area contributed by atoms with Gasteiger partial charge in [-0.15, -0.1) is 11.3 Å². The molecule has 4 N–H and O–H groups in total. The minimum atomic E-state index is -1.07. The first kappa shape index (κ1) is 24.8. The highest BCUT2D eigenvalue weighted by atomic mass is 32.1. The second-order valence-electron chi connectivity index (χ2n) is 8.51. The van der Waals surface area contributed by atoms with Crippen molar-refractivity contribution in [1.29, 1.82) is 0 Å². The monoisotopic (exact) mass is 526 g/mol. The molecule has 3 aromatic heterocycles. The van der Waals surface area contributed by atoms with E-state index in [0.29, 0.717) is 28.0 Å². The number of nitrogens with one attached hydrogen (secondary N) is 2. The van der Waals surface area contributed by atoms with Gasteiger partial charge in [-0.1, -0.05) is 60.7 Å². The van der Waals surface area contributed by atoms with Gasteiger partial charge in [-0.2, -0.15) is 0 Å². The van der Waals surface area contributed by atoms with Crippen molar-refractivity contribution in [2.75, 3.05) is 6.54 Å². The number of carbonyl (C=O) groups excluding carboxylic acids is 1. The van der Waals surface area contributed by atoms with Crippen LogP contribution in [0.5, 0.6) is 5.75 Å². The third kappa shape index (κ3) is 4.89. The number of pyridine rings is 2. The maximum atomic E-state index is 13.6. The number of carbonyl (C=O) groups is 2. The summed E-state index contributed by atoms with van der Waals surface area (Å²) in [6, 6.07) is 18.6. The maximum absolute atomic E-state index is 13.6. The first-order chi connectivity index (χ1) is 18.4. The number of fused-ring (bicyclic) bond motifs is 1. The number of aromatic hydroxyl groups is 1. The van der Waals surface area contributed by atoms with Gasteiger partial charge in [-0.05, 0) is 23.1 Å². The molecule has 38 heavy (non-hydrogen) atoms. The fourth-order valence-corrected chi connectivity index (χ4v) is 4.97. The molecule has 0 aliphatic rings. The molecule has 0 radical (unpaired) electrons. The molecule has 5 aromatic rings. The molecule has 2 aromatic carbocycles. The van der Waals surface area contributed by atoms with Crippen LogP contribution in [0.1, 0.15) is 28.0 Å². The molecule has 5 rings (SSSR count). The molecule has 0 atom stereocenters. The van der Waals surface area contributed by atoms with Crippen molar-refractivity contribution in [2.24, 2.45) is 0 Å². The number of benzene rings is 2. The van der Waals surface area contributed by atoms with E-state index in [4.69, 9.17) is 5.11 Å². The highest BCUT2D eigenvalue weighted by Gasteiger charge is 2.26. The number of thiazole rings is 1. The smallest absolute Gasteiger partial charge is 0.305 e. The van der Waals surface area contributed by atoms with Crippen molar-refractivity contribution in [3.8, 4) is 27.4 Å². The number of aliphatic carboxylic acids is 1. The summed E-state index contributed by atoms with van der Waals surface area (Å²) in [5.41, 5.74) is 4.00. The number of hydrogen-bond acceptors (Lipinski definition) is 7. The lowest BCUT2D eigenvalue weighted by molar-refractivity contribution is -0.136. The summed E-state index contributed by atoms with van der Waals surface area (Å²) in [5.74, 6) is -2.20. The van der Waals surface area contributed by atoms with Crippen LogP contribution < -0.4 is 10.9 Å². The summed E-state index contributed by atoms with van der Waals surface area (Å²) in [4.78, 5) is 49.6. The number of carboxylic acids is 1. The van der Waals surface area contributed by atoms with Crippen molar-refractivity contribution in [2.45, 2.75) is 12.8 Å². The average molecular weight is 527 g/mol. The Hall–Kier alpha value is -4.83. The van der Waals surface area contributed by atoms with Gasteiger partial charge in [0.2, 0.25) is 0 Å². The van der Waals surface area contributed by atoms with Gasteiger partial charge < -0.3 is 20.5 Å². The molecule has 10 heteroatoms. The lowest BCUT2D eigenvalue weighted by Crippen LogP contribution is -2.27. The Labute approximate surface area is 220 Å². The molecule has 0 bridgehead atoms. The van der Waals surface area contributed by atoms with Crippen molar-refractivity contribution < 1.29 is 19.8 Å². The molecule has 0 saturated heterocycles. The Morgan fingerprint density at radius 1 is 1.03 bits per heavy atom. The van der Waals surface area contributed by atoms with Crippen LogP contribution in [0.25, 0.3) is 32.6 Å². The van der Waals surface area contributed by atoms with Crippen molar-refractivity contribution in [3.05, 3.63) is 99.5 Å². The van der Waals surface area contributed by atoms with Gasteiger partial charge in [-0.25, -0.2) is 4.98 Å². The van der Waals surface area contributed by atoms with Crippen LogP contribution >= 0.6 is 11.3 Å². The van der Waals surface area contributed by atoms with Crippen LogP contribution in [0, 0.1) is 0 Å². The molecular formula is C28H22N4O5S. The normalized spacial score (nSPS) is 10.9. The third-order valence-electron chi connectivity index (χ3n) is 6.03. The number of aromatic nitrogens is 3. The zero-order valence-electron chi connectivity index (χ0n) is 20.0. The van der Waals surface area contributed by atoms with E-state index in [1.54, 1.807) is 11.7 Å². The summed E-state index contributed by atoms with van der Waals surface area (Å²) in [5, 5.41) is 23.2. The molecule has 0 unspecified atom stereocenters. The van der Waals surface area contributed by atoms with E-state index in [1.165, 1.54) is 11.3 Å². The predicted molar refractivity (Wildman–Crippen MR) is 144 cm³/mol. The van der Waals surface area contributed by atoms with Gasteiger partial charge in [0.25, 0.3) is 11.5 Å². The molecular weight excluding hydrogens is 504 g/mol. The zero-order valence-corrected chi connectivity index (χ0v) is 20.8. The fraction of sp³-hybridized carbons (Fsp3) is 0.107. The van der Waals surface area contributed by atoms with Crippen molar-refractivity contribution in [1.82, 2.24) is 20.3 Å². The van der Waals surface area contributed by atoms with Gasteiger partial charge in [0.05, 0.1) is 27.9 Å². The number of rotatable bonds is 8. The Morgan fingerprint density at radius 2 is 1.74 bits per heavy atom. The summed E-state index contributed by atoms with van der Waals surface area (Å²) < 4.78 is 0. The molecule has 9 nitrogen and oxygen atoms in total. The van der Waals surface area contributed by atoms with Crippen LogP contribution in [0.15, 0.2) is 77.2 Å². The second-order valence-corrected chi connectivity index (χ2v) is 9.40. The van der Waals surface area contributed by atoms with E-state index in [9.17, 15) is 19.5 Å². The summed E-state index contributed by atoms with van der Waals surface area (Å²) >= 11 is 1.27. The molecule has 0 spiro atoms. The molecule has 3 heterocycles. The summed E-state index contributed by atoms with van der Waals surface area (Å²) in [6.45, 7) is -0.138. The van der Waals surface area contributed by atoms with Gasteiger partial charge in [0, 0.05) is 18.1 Å². The van der Waals surface area contributed by atoms with Crippen LogP contribution in [0.2, 0.25) is 0 Å². The standard InChI is InChI=1S/C28H22N4O5S/c33-20(34)11-12-30-28(37)25-26(35)22-18(13-16-7-3-1-4-8-16)21(17-9-5-2-6-10-17)27(36)32-24(22)23(31-25)19-14-29-15-38-19/h1-10,14-15,35H,11-13H2,(H,30,37)(H,32,36)(H,33,34). The van der Waals surface area contributed by atoms with Crippen LogP contribution in [-0.2, 0) is 11.2 Å². The highest BCUT2D eigenvalue weighted by Crippen LogP contribution is 2.39. The average Bonchev–Trinajstić information content (AvgIpc) is 3.44. The maximum Gasteiger partial charge on any atom is 0.305 e. The largest absolute Gasteiger partial charge is 0.505 e. The number of hydrogen-bond donors (Lipinski definition) is 4. The first-order valence-corrected chi connectivity index (χ1v) is 12.6. The summed E-state index contributed by atoms with van der Waals surface area (Å²) in [6.07, 6.45) is 1.58. The molecule has 0 aliphatic carbocycles. The Balaban J connectivity index is 1.83. The second kappa shape index (κ2) is 10.7. The van der Waals surface area contributed by atoms with E-state index < -0.39 is 17.6 Å². The number of amides is 1. The molecule has 0 saturated carbocycles. The third-order valence-corrected chi connectivity index (χ3v) is 6.81. The van der Waals surface area contributed by atoms with Gasteiger partial charge >= 0.3 is 5.97 Å². The number of H-pyrrole nitrogens is 1. The van der Waals surface area contributed by atoms with E-state index in [1.807, 2.05) is 60.7 Å². The fourth-order valence-electron chi connectivity index (χ4n) is 4.35. The first-order valence-electron chi connectivity index (χ1n) is 11.7. The number of carboxylic acid groups (broad SMARTS) is 1. The lowest BCUT2D eigenvalue weighted by Gasteiger charge is -2.17. The quantitative estimate of drug-likeness (QED) is 0.237. The number of nitrogens with zero attached hydrogens (tertiary/aromatic N) is 2. The van der Waals surface area contributed by atoms with Gasteiger partial charge in [-0.3, -0.25) is 19.4 Å². The summed E-state index contributed by atoms with van der Waals surface area (Å²) in [7, 11) is 0. The highest BCUT2D eigenvalue weighted by molar-refractivity contribution is 7.13. The van der Waals surface area contributed by atoms with Crippen LogP contribution in [0.3, 0.4) is 0 Å². The van der Waals surface area contributed by atoms with Gasteiger partial charge in [0.15, 0.2) is 11.4 Å². The molecule has 0 fully saturated rings. The minimum Gasteiger partial charge on any atom is -0.505 e. The van der Waals surface area contributed by atoms with E-state index in [-0.39, 0.29) is 40.8 Å². The molecule has 0 aliphatic heterocycles.